The van der Waals surface area contributed by atoms with Gasteiger partial charge in [-0.3, -0.25) is 29.4 Å². The second-order valence-electron chi connectivity index (χ2n) is 11.5. The van der Waals surface area contributed by atoms with Crippen LogP contribution in [0.15, 0.2) is 18.2 Å². The molecule has 3 aliphatic heterocycles. The van der Waals surface area contributed by atoms with Crippen molar-refractivity contribution in [2.45, 2.75) is 64.5 Å². The van der Waals surface area contributed by atoms with E-state index >= 15 is 0 Å². The summed E-state index contributed by atoms with van der Waals surface area (Å²) in [5.41, 5.74) is 1.05. The van der Waals surface area contributed by atoms with E-state index in [1.165, 1.54) is 0 Å². The number of imide groups is 2. The Kier molecular flexibility index (Phi) is 5.80. The minimum Gasteiger partial charge on any atom is -0.444 e. The average molecular weight is 497 g/mol. The van der Waals surface area contributed by atoms with Crippen LogP contribution in [0, 0.1) is 11.3 Å². The Hall–Kier alpha value is -3.43. The molecule has 0 aromatic heterocycles. The topological polar surface area (TPSA) is 125 Å². The number of hydrogen-bond acceptors (Lipinski definition) is 7. The van der Waals surface area contributed by atoms with Gasteiger partial charge in [0.2, 0.25) is 11.8 Å². The summed E-state index contributed by atoms with van der Waals surface area (Å²) in [7, 11) is 0. The lowest BCUT2D eigenvalue weighted by Crippen LogP contribution is -2.64. The van der Waals surface area contributed by atoms with Crippen LogP contribution in [0.2, 0.25) is 0 Å². The van der Waals surface area contributed by atoms with E-state index in [2.05, 4.69) is 10.6 Å². The van der Waals surface area contributed by atoms with Crippen molar-refractivity contribution in [3.05, 3.63) is 29.3 Å². The summed E-state index contributed by atoms with van der Waals surface area (Å²) >= 11 is 0. The van der Waals surface area contributed by atoms with Crippen LogP contribution >= 0.6 is 0 Å². The van der Waals surface area contributed by atoms with Crippen LogP contribution in [0.25, 0.3) is 0 Å². The van der Waals surface area contributed by atoms with E-state index in [1.807, 2.05) is 20.8 Å². The number of ether oxygens (including phenoxy) is 1. The number of rotatable bonds is 5. The van der Waals surface area contributed by atoms with E-state index in [1.54, 1.807) is 23.1 Å². The number of anilines is 1. The maximum Gasteiger partial charge on any atom is 0.410 e. The van der Waals surface area contributed by atoms with E-state index < -0.39 is 35.3 Å². The Morgan fingerprint density at radius 1 is 1.11 bits per heavy atom. The molecule has 10 heteroatoms. The van der Waals surface area contributed by atoms with Crippen LogP contribution in [0.4, 0.5) is 10.5 Å². The number of benzene rings is 1. The fraction of sp³-hybridized carbons (Fsp3) is 0.577. The Labute approximate surface area is 209 Å². The highest BCUT2D eigenvalue weighted by Gasteiger charge is 2.54. The lowest BCUT2D eigenvalue weighted by Gasteiger charge is -2.59. The van der Waals surface area contributed by atoms with Crippen molar-refractivity contribution >= 4 is 35.4 Å². The molecule has 3 fully saturated rings. The molecule has 2 N–H and O–H groups in total. The number of piperidine rings is 1. The van der Waals surface area contributed by atoms with Gasteiger partial charge in [-0.15, -0.1) is 0 Å². The van der Waals surface area contributed by atoms with Gasteiger partial charge < -0.3 is 15.0 Å². The molecular weight excluding hydrogens is 464 g/mol. The molecular formula is C26H32N4O6. The van der Waals surface area contributed by atoms with Crippen LogP contribution in [0.1, 0.15) is 73.6 Å². The summed E-state index contributed by atoms with van der Waals surface area (Å²) in [4.78, 5) is 64.3. The molecule has 1 aromatic rings. The Bertz CT molecular complexity index is 1140. The van der Waals surface area contributed by atoms with Crippen molar-refractivity contribution in [2.75, 3.05) is 25.0 Å². The minimum absolute atomic E-state index is 0.0953. The third-order valence-corrected chi connectivity index (χ3v) is 7.47. The Morgan fingerprint density at radius 3 is 2.47 bits per heavy atom. The molecule has 3 heterocycles. The number of nitrogens with one attached hydrogen (secondary N) is 2. The van der Waals surface area contributed by atoms with Crippen molar-refractivity contribution in [3.8, 4) is 0 Å². The molecule has 1 atom stereocenters. The number of hydrogen-bond donors (Lipinski definition) is 2. The SMILES string of the molecule is CC(C)(C)OC(=O)N1CC2(CC(CCNc3ccc4c(c3)C(=O)N(C3CCC(=O)NC3=O)C4=O)C2)C1. The van der Waals surface area contributed by atoms with Crippen molar-refractivity contribution in [3.63, 3.8) is 0 Å². The number of nitrogens with zero attached hydrogens (tertiary/aromatic N) is 2. The molecule has 5 rings (SSSR count). The second kappa shape index (κ2) is 8.60. The van der Waals surface area contributed by atoms with E-state index in [0.717, 1.165) is 49.5 Å². The van der Waals surface area contributed by atoms with Crippen LogP contribution in [-0.4, -0.2) is 70.8 Å². The van der Waals surface area contributed by atoms with Gasteiger partial charge in [0.15, 0.2) is 0 Å². The van der Waals surface area contributed by atoms with Crippen molar-refractivity contribution < 1.29 is 28.7 Å². The van der Waals surface area contributed by atoms with Gasteiger partial charge in [-0.2, -0.15) is 0 Å². The predicted molar refractivity (Wildman–Crippen MR) is 129 cm³/mol. The number of fused-ring (bicyclic) bond motifs is 1. The highest BCUT2D eigenvalue weighted by molar-refractivity contribution is 6.23. The molecule has 4 aliphatic rings. The second-order valence-corrected chi connectivity index (χ2v) is 11.5. The first-order chi connectivity index (χ1) is 16.9. The van der Waals surface area contributed by atoms with E-state index in [0.29, 0.717) is 5.92 Å². The fourth-order valence-corrected chi connectivity index (χ4v) is 5.85. The standard InChI is InChI=1S/C26H32N4O6/c1-25(2,3)36-24(35)29-13-26(14-29)11-15(12-26)8-9-27-16-4-5-17-18(10-16)23(34)30(22(17)33)19-6-7-20(31)28-21(19)32/h4-5,10,15,19,27H,6-9,11-14H2,1-3H3,(H,28,31,32). The van der Waals surface area contributed by atoms with Crippen molar-refractivity contribution in [1.29, 1.82) is 0 Å². The van der Waals surface area contributed by atoms with Gasteiger partial charge in [-0.05, 0) is 70.6 Å². The van der Waals surface area contributed by atoms with Crippen LogP contribution < -0.4 is 10.6 Å². The normalized spacial score (nSPS) is 23.2. The van der Waals surface area contributed by atoms with Crippen molar-refractivity contribution in [2.24, 2.45) is 11.3 Å². The molecule has 5 amide bonds. The number of likely N-dealkylation sites (tertiary alicyclic amines) is 1. The van der Waals surface area contributed by atoms with Crippen molar-refractivity contribution in [1.82, 2.24) is 15.1 Å². The predicted octanol–water partition coefficient (Wildman–Crippen LogP) is 2.54. The first-order valence-electron chi connectivity index (χ1n) is 12.5. The number of carbonyl (C=O) groups is 5. The molecule has 192 valence electrons. The van der Waals surface area contributed by atoms with Gasteiger partial charge in [0.25, 0.3) is 11.8 Å². The molecule has 1 saturated carbocycles. The Morgan fingerprint density at radius 2 is 1.81 bits per heavy atom. The van der Waals surface area contributed by atoms with Crippen LogP contribution in [0.3, 0.4) is 0 Å². The zero-order valence-corrected chi connectivity index (χ0v) is 20.9. The molecule has 1 aromatic carbocycles. The average Bonchev–Trinajstić information content (AvgIpc) is 2.97. The quantitative estimate of drug-likeness (QED) is 0.600. The van der Waals surface area contributed by atoms with E-state index in [4.69, 9.17) is 4.74 Å². The van der Waals surface area contributed by atoms with Gasteiger partial charge in [-0.25, -0.2) is 4.79 Å². The first-order valence-corrected chi connectivity index (χ1v) is 12.5. The molecule has 2 saturated heterocycles. The van der Waals surface area contributed by atoms with Crippen LogP contribution in [0.5, 0.6) is 0 Å². The van der Waals surface area contributed by atoms with Gasteiger partial charge in [0, 0.05) is 37.2 Å². The largest absolute Gasteiger partial charge is 0.444 e. The number of carbonyl (C=O) groups excluding carboxylic acids is 5. The zero-order chi connectivity index (χ0) is 25.8. The minimum atomic E-state index is -0.963. The summed E-state index contributed by atoms with van der Waals surface area (Å²) in [5.74, 6) is -1.43. The Balaban J connectivity index is 1.09. The lowest BCUT2D eigenvalue weighted by atomic mass is 9.57. The third kappa shape index (κ3) is 4.44. The highest BCUT2D eigenvalue weighted by Crippen LogP contribution is 2.53. The summed E-state index contributed by atoms with van der Waals surface area (Å²) in [6.07, 6.45) is 3.15. The summed E-state index contributed by atoms with van der Waals surface area (Å²) in [5, 5.41) is 5.55. The van der Waals surface area contributed by atoms with Gasteiger partial charge in [0.1, 0.15) is 11.6 Å². The molecule has 0 bridgehead atoms. The van der Waals surface area contributed by atoms with E-state index in [-0.39, 0.29) is 35.5 Å². The third-order valence-electron chi connectivity index (χ3n) is 7.47. The maximum absolute atomic E-state index is 13.0. The monoisotopic (exact) mass is 496 g/mol. The molecule has 0 radical (unpaired) electrons. The van der Waals surface area contributed by atoms with Gasteiger partial charge in [0.05, 0.1) is 11.1 Å². The van der Waals surface area contributed by atoms with Gasteiger partial charge in [-0.1, -0.05) is 0 Å². The summed E-state index contributed by atoms with van der Waals surface area (Å²) in [6, 6.07) is 4.08. The zero-order valence-electron chi connectivity index (χ0n) is 20.9. The molecule has 10 nitrogen and oxygen atoms in total. The molecule has 36 heavy (non-hydrogen) atoms. The van der Waals surface area contributed by atoms with Gasteiger partial charge >= 0.3 is 6.09 Å². The smallest absolute Gasteiger partial charge is 0.410 e. The molecule has 1 aliphatic carbocycles. The maximum atomic E-state index is 13.0. The van der Waals surface area contributed by atoms with E-state index in [9.17, 15) is 24.0 Å². The highest BCUT2D eigenvalue weighted by atomic mass is 16.6. The molecule has 1 spiro atoms. The molecule has 1 unspecified atom stereocenters. The van der Waals surface area contributed by atoms with Crippen LogP contribution in [-0.2, 0) is 14.3 Å². The number of amides is 5. The summed E-state index contributed by atoms with van der Waals surface area (Å²) < 4.78 is 5.44. The fourth-order valence-electron chi connectivity index (χ4n) is 5.85. The first kappa shape index (κ1) is 24.3. The lowest BCUT2D eigenvalue weighted by molar-refractivity contribution is -0.136. The summed E-state index contributed by atoms with van der Waals surface area (Å²) in [6.45, 7) is 7.86.